The first-order chi connectivity index (χ1) is 9.58. The van der Waals surface area contributed by atoms with Gasteiger partial charge in [-0.1, -0.05) is 56.0 Å². The highest BCUT2D eigenvalue weighted by Crippen LogP contribution is 2.46. The lowest BCUT2D eigenvalue weighted by molar-refractivity contribution is -0.145. The van der Waals surface area contributed by atoms with Crippen LogP contribution >= 0.6 is 0 Å². The average molecular weight is 276 g/mol. The number of rotatable bonds is 7. The summed E-state index contributed by atoms with van der Waals surface area (Å²) in [5, 5.41) is 0. The Morgan fingerprint density at radius 2 is 1.95 bits per heavy atom. The van der Waals surface area contributed by atoms with Gasteiger partial charge in [0.2, 0.25) is 0 Å². The van der Waals surface area contributed by atoms with Crippen LogP contribution in [0.25, 0.3) is 0 Å². The fourth-order valence-corrected chi connectivity index (χ4v) is 2.36. The van der Waals surface area contributed by atoms with E-state index in [1.807, 2.05) is 38.1 Å². The molecule has 110 valence electrons. The highest BCUT2D eigenvalue weighted by Gasteiger charge is 2.59. The summed E-state index contributed by atoms with van der Waals surface area (Å²) < 4.78 is 10.9. The molecule has 0 saturated carbocycles. The Kier molecular flexibility index (Phi) is 4.81. The van der Waals surface area contributed by atoms with Gasteiger partial charge in [0.25, 0.3) is 0 Å². The van der Waals surface area contributed by atoms with Gasteiger partial charge in [-0.15, -0.1) is 0 Å². The van der Waals surface area contributed by atoms with E-state index in [1.54, 1.807) is 0 Å². The molecule has 0 bridgehead atoms. The summed E-state index contributed by atoms with van der Waals surface area (Å²) in [5.41, 5.74) is 1.73. The Morgan fingerprint density at radius 3 is 2.60 bits per heavy atom. The summed E-state index contributed by atoms with van der Waals surface area (Å²) in [6.45, 7) is 6.66. The molecule has 3 nitrogen and oxygen atoms in total. The summed E-state index contributed by atoms with van der Waals surface area (Å²) in [6.07, 6.45) is 3.98. The summed E-state index contributed by atoms with van der Waals surface area (Å²) in [7, 11) is 0. The van der Waals surface area contributed by atoms with Gasteiger partial charge in [-0.3, -0.25) is 0 Å². The van der Waals surface area contributed by atoms with E-state index >= 15 is 0 Å². The van der Waals surface area contributed by atoms with Crippen molar-refractivity contribution in [1.82, 2.24) is 0 Å². The molecule has 3 heteroatoms. The number of esters is 1. The summed E-state index contributed by atoms with van der Waals surface area (Å²) in [6, 6.07) is 8.11. The number of carbonyl (C=O) groups is 1. The molecule has 0 aliphatic carbocycles. The molecular formula is C17H24O3. The zero-order valence-corrected chi connectivity index (χ0v) is 12.6. The number of unbranched alkanes of at least 4 members (excludes halogenated alkanes) is 3. The third kappa shape index (κ3) is 3.40. The van der Waals surface area contributed by atoms with Gasteiger partial charge < -0.3 is 9.47 Å². The average Bonchev–Trinajstić information content (AvgIpc) is 3.13. The molecule has 0 radical (unpaired) electrons. The fourth-order valence-electron chi connectivity index (χ4n) is 2.36. The maximum Gasteiger partial charge on any atom is 0.338 e. The van der Waals surface area contributed by atoms with E-state index in [-0.39, 0.29) is 5.97 Å². The molecule has 1 saturated heterocycles. The van der Waals surface area contributed by atoms with Gasteiger partial charge in [0, 0.05) is 0 Å². The standard InChI is InChI=1S/C17H24O3/c1-4-5-6-7-12-19-16(18)15-17(3,20-15)14-10-8-13(2)9-11-14/h8-11,15H,4-7,12H2,1-3H3. The van der Waals surface area contributed by atoms with Crippen LogP contribution in [0.4, 0.5) is 0 Å². The molecule has 2 unspecified atom stereocenters. The second-order valence-electron chi connectivity index (χ2n) is 5.70. The molecule has 1 fully saturated rings. The zero-order valence-electron chi connectivity index (χ0n) is 12.6. The number of hydrogen-bond donors (Lipinski definition) is 0. The van der Waals surface area contributed by atoms with Gasteiger partial charge in [0.1, 0.15) is 5.60 Å². The van der Waals surface area contributed by atoms with Crippen LogP contribution in [-0.2, 0) is 19.9 Å². The minimum absolute atomic E-state index is 0.232. The predicted molar refractivity (Wildman–Crippen MR) is 78.5 cm³/mol. The quantitative estimate of drug-likeness (QED) is 0.433. The van der Waals surface area contributed by atoms with Crippen LogP contribution in [0.5, 0.6) is 0 Å². The topological polar surface area (TPSA) is 38.8 Å². The highest BCUT2D eigenvalue weighted by atomic mass is 16.7. The molecule has 20 heavy (non-hydrogen) atoms. The van der Waals surface area contributed by atoms with Crippen LogP contribution in [0, 0.1) is 6.92 Å². The van der Waals surface area contributed by atoms with Crippen molar-refractivity contribution in [2.24, 2.45) is 0 Å². The van der Waals surface area contributed by atoms with Gasteiger partial charge in [-0.25, -0.2) is 4.79 Å². The monoisotopic (exact) mass is 276 g/mol. The first kappa shape index (κ1) is 15.0. The maximum atomic E-state index is 11.9. The second kappa shape index (κ2) is 6.40. The van der Waals surface area contributed by atoms with Crippen molar-refractivity contribution in [3.63, 3.8) is 0 Å². The van der Waals surface area contributed by atoms with E-state index in [0.717, 1.165) is 18.4 Å². The van der Waals surface area contributed by atoms with E-state index in [2.05, 4.69) is 6.92 Å². The minimum Gasteiger partial charge on any atom is -0.464 e. The molecule has 1 heterocycles. The van der Waals surface area contributed by atoms with Crippen LogP contribution in [0.15, 0.2) is 24.3 Å². The number of hydrogen-bond acceptors (Lipinski definition) is 3. The van der Waals surface area contributed by atoms with Crippen molar-refractivity contribution in [3.05, 3.63) is 35.4 Å². The van der Waals surface area contributed by atoms with Crippen LogP contribution in [0.1, 0.15) is 50.7 Å². The molecule has 0 spiro atoms. The van der Waals surface area contributed by atoms with Gasteiger partial charge in [0.15, 0.2) is 6.10 Å². The van der Waals surface area contributed by atoms with E-state index < -0.39 is 11.7 Å². The molecular weight excluding hydrogens is 252 g/mol. The molecule has 1 aromatic rings. The molecule has 1 aromatic carbocycles. The van der Waals surface area contributed by atoms with E-state index in [9.17, 15) is 4.79 Å². The Balaban J connectivity index is 1.80. The van der Waals surface area contributed by atoms with Crippen molar-refractivity contribution in [1.29, 1.82) is 0 Å². The van der Waals surface area contributed by atoms with Crippen molar-refractivity contribution in [3.8, 4) is 0 Å². The first-order valence-electron chi connectivity index (χ1n) is 7.49. The Labute approximate surface area is 121 Å². The Hall–Kier alpha value is -1.35. The molecule has 2 rings (SSSR count). The minimum atomic E-state index is -0.506. The molecule has 1 aliphatic rings. The van der Waals surface area contributed by atoms with Crippen LogP contribution in [0.3, 0.4) is 0 Å². The first-order valence-corrected chi connectivity index (χ1v) is 7.49. The SMILES string of the molecule is CCCCCCOC(=O)C1OC1(C)c1ccc(C)cc1. The van der Waals surface area contributed by atoms with E-state index in [0.29, 0.717) is 6.61 Å². The fraction of sp³-hybridized carbons (Fsp3) is 0.588. The van der Waals surface area contributed by atoms with Crippen molar-refractivity contribution in [2.45, 2.75) is 58.2 Å². The lowest BCUT2D eigenvalue weighted by Crippen LogP contribution is -2.19. The number of benzene rings is 1. The van der Waals surface area contributed by atoms with Gasteiger partial charge in [0.05, 0.1) is 6.61 Å². The normalized spacial score (nSPS) is 24.4. The van der Waals surface area contributed by atoms with Gasteiger partial charge in [-0.2, -0.15) is 0 Å². The van der Waals surface area contributed by atoms with E-state index in [4.69, 9.17) is 9.47 Å². The molecule has 1 aliphatic heterocycles. The zero-order chi connectivity index (χ0) is 14.6. The van der Waals surface area contributed by atoms with Crippen molar-refractivity contribution >= 4 is 5.97 Å². The number of epoxide rings is 1. The number of carbonyl (C=O) groups excluding carboxylic acids is 1. The van der Waals surface area contributed by atoms with Crippen LogP contribution in [-0.4, -0.2) is 18.7 Å². The van der Waals surface area contributed by atoms with Crippen molar-refractivity contribution < 1.29 is 14.3 Å². The second-order valence-corrected chi connectivity index (χ2v) is 5.70. The summed E-state index contributed by atoms with van der Waals surface area (Å²) >= 11 is 0. The lowest BCUT2D eigenvalue weighted by Gasteiger charge is -2.07. The van der Waals surface area contributed by atoms with Gasteiger partial charge >= 0.3 is 5.97 Å². The smallest absolute Gasteiger partial charge is 0.338 e. The third-order valence-electron chi connectivity index (χ3n) is 3.89. The highest BCUT2D eigenvalue weighted by molar-refractivity contribution is 5.79. The largest absolute Gasteiger partial charge is 0.464 e. The Bertz CT molecular complexity index is 452. The molecule has 2 atom stereocenters. The number of ether oxygens (including phenoxy) is 2. The van der Waals surface area contributed by atoms with Crippen LogP contribution < -0.4 is 0 Å². The van der Waals surface area contributed by atoms with Gasteiger partial charge in [-0.05, 0) is 25.8 Å². The lowest BCUT2D eigenvalue weighted by atomic mass is 9.96. The summed E-state index contributed by atoms with van der Waals surface area (Å²) in [4.78, 5) is 11.9. The maximum absolute atomic E-state index is 11.9. The third-order valence-corrected chi connectivity index (χ3v) is 3.89. The molecule has 0 N–H and O–H groups in total. The summed E-state index contributed by atoms with van der Waals surface area (Å²) in [5.74, 6) is -0.232. The van der Waals surface area contributed by atoms with E-state index in [1.165, 1.54) is 18.4 Å². The van der Waals surface area contributed by atoms with Crippen molar-refractivity contribution in [2.75, 3.05) is 6.61 Å². The molecule has 0 aromatic heterocycles. The van der Waals surface area contributed by atoms with Crippen LogP contribution in [0.2, 0.25) is 0 Å². The number of aryl methyl sites for hydroxylation is 1. The predicted octanol–water partition coefficient (Wildman–Crippen LogP) is 3.73. The Morgan fingerprint density at radius 1 is 1.25 bits per heavy atom. The molecule has 0 amide bonds.